The summed E-state index contributed by atoms with van der Waals surface area (Å²) < 4.78 is 10.6. The van der Waals surface area contributed by atoms with E-state index in [0.717, 1.165) is 0 Å². The normalized spacial score (nSPS) is 11.2. The molecular formula is C22H18N2O6. The fourth-order valence-corrected chi connectivity index (χ4v) is 2.70. The molecule has 3 rings (SSSR count). The van der Waals surface area contributed by atoms with Crippen LogP contribution in [0.1, 0.15) is 22.0 Å². The first-order chi connectivity index (χ1) is 14.5. The van der Waals surface area contributed by atoms with E-state index in [1.807, 2.05) is 0 Å². The molecule has 0 unspecified atom stereocenters. The van der Waals surface area contributed by atoms with Crippen LogP contribution in [0.15, 0.2) is 78.9 Å². The summed E-state index contributed by atoms with van der Waals surface area (Å²) >= 11 is 0. The summed E-state index contributed by atoms with van der Waals surface area (Å²) in [6, 6.07) is 20.3. The van der Waals surface area contributed by atoms with Crippen LogP contribution in [0.5, 0.6) is 5.75 Å². The number of amides is 1. The molecule has 0 aliphatic heterocycles. The molecule has 0 bridgehead atoms. The van der Waals surface area contributed by atoms with Crippen molar-refractivity contribution in [3.63, 3.8) is 0 Å². The third kappa shape index (κ3) is 4.99. The predicted molar refractivity (Wildman–Crippen MR) is 109 cm³/mol. The zero-order valence-corrected chi connectivity index (χ0v) is 16.0. The van der Waals surface area contributed by atoms with Gasteiger partial charge in [0.15, 0.2) is 0 Å². The van der Waals surface area contributed by atoms with E-state index >= 15 is 0 Å². The van der Waals surface area contributed by atoms with Crippen LogP contribution >= 0.6 is 0 Å². The van der Waals surface area contributed by atoms with Crippen LogP contribution in [-0.2, 0) is 9.53 Å². The Balaban J connectivity index is 1.82. The number of carbonyl (C=O) groups is 2. The number of rotatable bonds is 7. The molecule has 0 spiro atoms. The lowest BCUT2D eigenvalue weighted by Crippen LogP contribution is -2.26. The van der Waals surface area contributed by atoms with Crippen LogP contribution in [-0.4, -0.2) is 23.9 Å². The van der Waals surface area contributed by atoms with Crippen LogP contribution in [0.25, 0.3) is 0 Å². The van der Waals surface area contributed by atoms with E-state index in [2.05, 4.69) is 5.32 Å². The van der Waals surface area contributed by atoms with Crippen molar-refractivity contribution < 1.29 is 24.0 Å². The minimum atomic E-state index is -1.22. The number of nitrogens with zero attached hydrogens (tertiary/aromatic N) is 1. The Labute approximate surface area is 172 Å². The lowest BCUT2D eigenvalue weighted by molar-refractivity contribution is -0.384. The Bertz CT molecular complexity index is 1050. The van der Waals surface area contributed by atoms with Crippen LogP contribution in [0.4, 0.5) is 11.4 Å². The van der Waals surface area contributed by atoms with E-state index < -0.39 is 22.9 Å². The van der Waals surface area contributed by atoms with Crippen molar-refractivity contribution >= 4 is 23.3 Å². The first-order valence-corrected chi connectivity index (χ1v) is 8.93. The van der Waals surface area contributed by atoms with Crippen molar-refractivity contribution in [2.75, 3.05) is 12.4 Å². The Morgan fingerprint density at radius 1 is 0.967 bits per heavy atom. The van der Waals surface area contributed by atoms with E-state index in [-0.39, 0.29) is 11.3 Å². The maximum atomic E-state index is 12.9. The zero-order chi connectivity index (χ0) is 21.5. The van der Waals surface area contributed by atoms with E-state index in [1.54, 1.807) is 54.6 Å². The molecule has 0 aliphatic carbocycles. The summed E-state index contributed by atoms with van der Waals surface area (Å²) in [6.07, 6.45) is -1.22. The van der Waals surface area contributed by atoms with E-state index in [0.29, 0.717) is 17.0 Å². The van der Waals surface area contributed by atoms with Crippen LogP contribution in [0.2, 0.25) is 0 Å². The number of ether oxygens (including phenoxy) is 2. The Morgan fingerprint density at radius 2 is 1.67 bits per heavy atom. The average Bonchev–Trinajstić information content (AvgIpc) is 2.78. The number of anilines is 1. The minimum Gasteiger partial charge on any atom is -0.497 e. The molecule has 0 saturated carbocycles. The third-order valence-electron chi connectivity index (χ3n) is 4.22. The molecule has 152 valence electrons. The fraction of sp³-hybridized carbons (Fsp3) is 0.0909. The van der Waals surface area contributed by atoms with Crippen LogP contribution in [0, 0.1) is 10.1 Å². The zero-order valence-electron chi connectivity index (χ0n) is 16.0. The highest BCUT2D eigenvalue weighted by Gasteiger charge is 2.26. The molecule has 1 N–H and O–H groups in total. The fourth-order valence-electron chi connectivity index (χ4n) is 2.70. The van der Waals surface area contributed by atoms with E-state index in [4.69, 9.17) is 9.47 Å². The highest BCUT2D eigenvalue weighted by molar-refractivity contribution is 5.98. The quantitative estimate of drug-likeness (QED) is 0.359. The number of hydrogen-bond acceptors (Lipinski definition) is 6. The average molecular weight is 406 g/mol. The standard InChI is InChI=1S/C22H18N2O6/c1-29-19-9-5-8-17(14-19)23-21(25)20(15-6-3-2-4-7-15)30-22(26)16-10-12-18(13-11-16)24(27)28/h2-14,20H,1H3,(H,23,25)/t20-/m1/s1. The number of hydrogen-bond donors (Lipinski definition) is 1. The first-order valence-electron chi connectivity index (χ1n) is 8.93. The summed E-state index contributed by atoms with van der Waals surface area (Å²) in [5, 5.41) is 13.5. The Kier molecular flexibility index (Phi) is 6.39. The van der Waals surface area contributed by atoms with Gasteiger partial charge in [-0.25, -0.2) is 4.79 Å². The lowest BCUT2D eigenvalue weighted by atomic mass is 10.1. The van der Waals surface area contributed by atoms with Crippen molar-refractivity contribution in [3.05, 3.63) is 100 Å². The lowest BCUT2D eigenvalue weighted by Gasteiger charge is -2.18. The van der Waals surface area contributed by atoms with Gasteiger partial charge in [-0.1, -0.05) is 36.4 Å². The van der Waals surface area contributed by atoms with Gasteiger partial charge in [0.25, 0.3) is 11.6 Å². The van der Waals surface area contributed by atoms with E-state index in [1.165, 1.54) is 31.4 Å². The van der Waals surface area contributed by atoms with Gasteiger partial charge in [0.1, 0.15) is 5.75 Å². The van der Waals surface area contributed by atoms with Gasteiger partial charge in [-0.3, -0.25) is 14.9 Å². The number of nitro benzene ring substituents is 1. The molecule has 0 heterocycles. The summed E-state index contributed by atoms with van der Waals surface area (Å²) in [7, 11) is 1.51. The largest absolute Gasteiger partial charge is 0.497 e. The number of non-ortho nitro benzene ring substituents is 1. The summed E-state index contributed by atoms with van der Waals surface area (Å²) in [6.45, 7) is 0. The molecule has 0 aromatic heterocycles. The van der Waals surface area contributed by atoms with Crippen molar-refractivity contribution in [1.82, 2.24) is 0 Å². The van der Waals surface area contributed by atoms with Gasteiger partial charge in [-0.15, -0.1) is 0 Å². The molecule has 8 nitrogen and oxygen atoms in total. The summed E-state index contributed by atoms with van der Waals surface area (Å²) in [5.41, 5.74) is 0.900. The molecule has 1 atom stereocenters. The van der Waals surface area contributed by atoms with Gasteiger partial charge in [0.2, 0.25) is 6.10 Å². The van der Waals surface area contributed by atoms with Gasteiger partial charge >= 0.3 is 5.97 Å². The van der Waals surface area contributed by atoms with Crippen molar-refractivity contribution in [3.8, 4) is 5.75 Å². The second-order valence-electron chi connectivity index (χ2n) is 6.22. The molecule has 0 saturated heterocycles. The summed E-state index contributed by atoms with van der Waals surface area (Å²) in [4.78, 5) is 35.7. The maximum absolute atomic E-state index is 12.9. The molecule has 0 fully saturated rings. The Morgan fingerprint density at radius 3 is 2.30 bits per heavy atom. The molecule has 0 aliphatic rings. The highest BCUT2D eigenvalue weighted by atomic mass is 16.6. The maximum Gasteiger partial charge on any atom is 0.339 e. The van der Waals surface area contributed by atoms with Gasteiger partial charge in [-0.2, -0.15) is 0 Å². The second-order valence-corrected chi connectivity index (χ2v) is 6.22. The van der Waals surface area contributed by atoms with Crippen molar-refractivity contribution in [1.29, 1.82) is 0 Å². The van der Waals surface area contributed by atoms with Gasteiger partial charge in [-0.05, 0) is 24.3 Å². The van der Waals surface area contributed by atoms with Gasteiger partial charge < -0.3 is 14.8 Å². The van der Waals surface area contributed by atoms with Crippen molar-refractivity contribution in [2.45, 2.75) is 6.10 Å². The number of carbonyl (C=O) groups excluding carboxylic acids is 2. The molecule has 8 heteroatoms. The van der Waals surface area contributed by atoms with Crippen LogP contribution < -0.4 is 10.1 Å². The summed E-state index contributed by atoms with van der Waals surface area (Å²) in [5.74, 6) is -0.767. The molecule has 0 radical (unpaired) electrons. The predicted octanol–water partition coefficient (Wildman–Crippen LogP) is 4.14. The minimum absolute atomic E-state index is 0.0933. The molecular weight excluding hydrogens is 388 g/mol. The van der Waals surface area contributed by atoms with Crippen LogP contribution in [0.3, 0.4) is 0 Å². The number of esters is 1. The van der Waals surface area contributed by atoms with Crippen molar-refractivity contribution in [2.24, 2.45) is 0 Å². The number of nitrogens with one attached hydrogen (secondary N) is 1. The SMILES string of the molecule is COc1cccc(NC(=O)[C@H](OC(=O)c2ccc([N+](=O)[O-])cc2)c2ccccc2)c1. The van der Waals surface area contributed by atoms with Gasteiger partial charge in [0, 0.05) is 29.4 Å². The number of nitro groups is 1. The molecule has 1 amide bonds. The molecule has 30 heavy (non-hydrogen) atoms. The smallest absolute Gasteiger partial charge is 0.339 e. The number of benzene rings is 3. The van der Waals surface area contributed by atoms with Gasteiger partial charge in [0.05, 0.1) is 17.6 Å². The molecule has 3 aromatic rings. The Hall–Kier alpha value is -4.20. The highest BCUT2D eigenvalue weighted by Crippen LogP contribution is 2.24. The second kappa shape index (κ2) is 9.33. The topological polar surface area (TPSA) is 108 Å². The monoisotopic (exact) mass is 406 g/mol. The number of methoxy groups -OCH3 is 1. The first kappa shape index (κ1) is 20.5. The van der Waals surface area contributed by atoms with E-state index in [9.17, 15) is 19.7 Å². The third-order valence-corrected chi connectivity index (χ3v) is 4.22. The molecule has 3 aromatic carbocycles.